The Morgan fingerprint density at radius 2 is 1.15 bits per heavy atom. The Balaban J connectivity index is -0.0000000332. The monoisotopic (exact) mass is 366 g/mol. The van der Waals surface area contributed by atoms with Gasteiger partial charge in [-0.3, -0.25) is 10.9 Å². The number of carbonyl (C=O) groups is 1. The summed E-state index contributed by atoms with van der Waals surface area (Å²) in [6.07, 6.45) is 3.81. The zero-order valence-electron chi connectivity index (χ0n) is 13.4. The van der Waals surface area contributed by atoms with E-state index >= 15 is 0 Å². The molecule has 0 spiro atoms. The van der Waals surface area contributed by atoms with E-state index in [1.165, 1.54) is 13.2 Å². The Hall–Kier alpha value is -0.211. The third kappa shape index (κ3) is 219. The molecule has 0 N–H and O–H groups in total. The summed E-state index contributed by atoms with van der Waals surface area (Å²) in [5.41, 5.74) is 11.5. The second-order valence-corrected chi connectivity index (χ2v) is 8.97. The molecule has 120 valence electrons. The fourth-order valence-corrected chi connectivity index (χ4v) is 0.177. The van der Waals surface area contributed by atoms with Crippen LogP contribution in [0.3, 0.4) is 0 Å². The van der Waals surface area contributed by atoms with Crippen LogP contribution in [-0.2, 0) is 26.6 Å². The van der Waals surface area contributed by atoms with Crippen LogP contribution in [0.2, 0.25) is 0 Å². The van der Waals surface area contributed by atoms with Gasteiger partial charge in [-0.25, -0.2) is 0 Å². The summed E-state index contributed by atoms with van der Waals surface area (Å²) in [5.74, 6) is -0.428. The number of nitroso groups, excluding NO2 is 2. The van der Waals surface area contributed by atoms with Crippen molar-refractivity contribution >= 4 is 21.8 Å². The van der Waals surface area contributed by atoms with Gasteiger partial charge in [0.25, 0.3) is 0 Å². The Bertz CT molecular complexity index is 184. The minimum Gasteiger partial charge on any atom is -0.577 e. The standard InChI is InChI=1S/C5H7O2.2C3H9P.Mn.2NO/c1-3-4-5(6)7-2;2*1-4(2)3;;2*1-2/h3H,1-2H3;2*1-3H3;;;/q-1;;;+3;2*-1. The molecule has 0 saturated carbocycles. The molecule has 0 aliphatic rings. The number of rotatable bonds is 1. The normalized spacial score (nSPS) is 7.30. The van der Waals surface area contributed by atoms with E-state index in [1.54, 1.807) is 6.92 Å². The summed E-state index contributed by atoms with van der Waals surface area (Å²) in [7, 11) is 2.08. The van der Waals surface area contributed by atoms with Gasteiger partial charge in [0.1, 0.15) is 5.97 Å². The summed E-state index contributed by atoms with van der Waals surface area (Å²) < 4.78 is 4.21. The molecular formula is C11H25MnN2O4P2. The maximum atomic E-state index is 10.0. The van der Waals surface area contributed by atoms with Crippen LogP contribution >= 0.6 is 15.8 Å². The zero-order chi connectivity index (χ0) is 16.9. The Labute approximate surface area is 136 Å². The molecule has 9 heteroatoms. The van der Waals surface area contributed by atoms with Crippen molar-refractivity contribution in [3.63, 3.8) is 0 Å². The van der Waals surface area contributed by atoms with E-state index < -0.39 is 5.97 Å². The second kappa shape index (κ2) is 42.8. The Morgan fingerprint density at radius 3 is 1.20 bits per heavy atom. The van der Waals surface area contributed by atoms with Crippen molar-refractivity contribution in [2.75, 3.05) is 47.1 Å². The molecule has 0 aliphatic heterocycles. The third-order valence-electron chi connectivity index (χ3n) is 0.448. The van der Waals surface area contributed by atoms with Crippen molar-refractivity contribution in [2.24, 2.45) is 0 Å². The fraction of sp³-hybridized carbons (Fsp3) is 0.727. The first-order valence-electron chi connectivity index (χ1n) is 4.98. The van der Waals surface area contributed by atoms with Crippen LogP contribution in [0.4, 0.5) is 0 Å². The van der Waals surface area contributed by atoms with Crippen LogP contribution in [0.5, 0.6) is 0 Å². The van der Waals surface area contributed by atoms with E-state index in [4.69, 9.17) is 21.0 Å². The van der Waals surface area contributed by atoms with Gasteiger partial charge in [-0.2, -0.15) is 0 Å². The number of nitrogens with zero attached hydrogens (tertiary/aromatic N) is 2. The molecule has 0 fully saturated rings. The van der Waals surface area contributed by atoms with Gasteiger partial charge in [-0.15, -0.1) is 15.8 Å². The van der Waals surface area contributed by atoms with E-state index in [-0.39, 0.29) is 17.1 Å². The number of carbonyl (C=O) groups excluding carboxylic acids is 1. The topological polar surface area (TPSA) is 105 Å². The molecule has 0 atom stereocenters. The van der Waals surface area contributed by atoms with E-state index in [0.717, 1.165) is 0 Å². The van der Waals surface area contributed by atoms with Gasteiger partial charge in [0, 0.05) is 0 Å². The summed E-state index contributed by atoms with van der Waals surface area (Å²) in [5, 5.41) is 0. The summed E-state index contributed by atoms with van der Waals surface area (Å²) >= 11 is 0. The maximum absolute atomic E-state index is 10.0. The molecule has 0 aliphatic carbocycles. The molecule has 0 aromatic rings. The van der Waals surface area contributed by atoms with Crippen LogP contribution in [-0.4, -0.2) is 53.1 Å². The first kappa shape index (κ1) is 36.7. The number of ether oxygens (including phenoxy) is 1. The van der Waals surface area contributed by atoms with Crippen molar-refractivity contribution in [1.29, 1.82) is 0 Å². The summed E-state index contributed by atoms with van der Waals surface area (Å²) in [6.45, 7) is 15.1. The van der Waals surface area contributed by atoms with Gasteiger partial charge in [-0.05, 0) is 40.0 Å². The number of allylic oxidation sites excluding steroid dienone is 1. The first-order valence-corrected chi connectivity index (χ1v) is 10.3. The van der Waals surface area contributed by atoms with Gasteiger partial charge in [-0.1, -0.05) is 6.92 Å². The molecule has 0 unspecified atom stereocenters. The van der Waals surface area contributed by atoms with Crippen molar-refractivity contribution < 1.29 is 26.6 Å². The average molecular weight is 366 g/mol. The third-order valence-corrected chi connectivity index (χ3v) is 0.448. The predicted octanol–water partition coefficient (Wildman–Crippen LogP) is 3.90. The Morgan fingerprint density at radius 1 is 0.950 bits per heavy atom. The molecule has 0 amide bonds. The summed E-state index contributed by atoms with van der Waals surface area (Å²) in [4.78, 5) is 24.5. The molecule has 0 aromatic heterocycles. The van der Waals surface area contributed by atoms with E-state index in [0.29, 0.717) is 15.8 Å². The van der Waals surface area contributed by atoms with Crippen molar-refractivity contribution in [3.05, 3.63) is 33.2 Å². The number of hydrogen-bond donors (Lipinski definition) is 0. The van der Waals surface area contributed by atoms with Crippen LogP contribution in [0.25, 0.3) is 11.2 Å². The second-order valence-electron chi connectivity index (χ2n) is 3.61. The number of esters is 1. The van der Waals surface area contributed by atoms with Crippen molar-refractivity contribution in [2.45, 2.75) is 6.92 Å². The first-order chi connectivity index (χ1) is 8.77. The molecule has 0 radical (unpaired) electrons. The molecular weight excluding hydrogens is 341 g/mol. The average Bonchev–Trinajstić information content (AvgIpc) is 2.33. The quantitative estimate of drug-likeness (QED) is 0.231. The number of hydrogen-bond acceptors (Lipinski definition) is 4. The minimum atomic E-state index is -0.428. The van der Waals surface area contributed by atoms with Crippen LogP contribution in [0.15, 0.2) is 6.08 Å². The van der Waals surface area contributed by atoms with Gasteiger partial charge in [0.15, 0.2) is 0 Å². The molecule has 0 saturated heterocycles. The molecule has 0 rings (SSSR count). The van der Waals surface area contributed by atoms with Gasteiger partial charge < -0.3 is 31.8 Å². The molecule has 20 heavy (non-hydrogen) atoms. The molecule has 6 nitrogen and oxygen atoms in total. The van der Waals surface area contributed by atoms with Gasteiger partial charge in [0.05, 0.1) is 7.11 Å². The van der Waals surface area contributed by atoms with Crippen molar-refractivity contribution in [3.8, 4) is 0 Å². The Kier molecular flexibility index (Phi) is 78.6. The number of methoxy groups -OCH3 is 1. The zero-order valence-corrected chi connectivity index (χ0v) is 16.3. The maximum Gasteiger partial charge on any atom is 3.00 e. The van der Waals surface area contributed by atoms with Crippen LogP contribution in [0.1, 0.15) is 6.92 Å². The fourth-order valence-electron chi connectivity index (χ4n) is 0.177. The van der Waals surface area contributed by atoms with Crippen molar-refractivity contribution in [1.82, 2.24) is 0 Å². The predicted molar refractivity (Wildman–Crippen MR) is 88.3 cm³/mol. The van der Waals surface area contributed by atoms with Crippen LogP contribution < -0.4 is 0 Å². The molecule has 0 aromatic carbocycles. The molecule has 0 heterocycles. The SMILES string of the molecule is CC=[C-]C(=O)OC.CP(C)C.CP(C)C.[Mn+3].[N-]=O.[N-]=O. The largest absolute Gasteiger partial charge is 3.00 e. The molecule has 0 bridgehead atoms. The van der Waals surface area contributed by atoms with E-state index in [1.807, 2.05) is 0 Å². The van der Waals surface area contributed by atoms with Gasteiger partial charge in [0.2, 0.25) is 0 Å². The summed E-state index contributed by atoms with van der Waals surface area (Å²) in [6, 6.07) is 0. The van der Waals surface area contributed by atoms with Gasteiger partial charge >= 0.3 is 17.1 Å². The van der Waals surface area contributed by atoms with Crippen LogP contribution in [0, 0.1) is 15.9 Å². The minimum absolute atomic E-state index is 0. The van der Waals surface area contributed by atoms with E-state index in [9.17, 15) is 4.79 Å². The smallest absolute Gasteiger partial charge is 0.577 e. The van der Waals surface area contributed by atoms with E-state index in [2.05, 4.69) is 50.8 Å².